The Morgan fingerprint density at radius 2 is 2.35 bits per heavy atom. The van der Waals surface area contributed by atoms with Crippen molar-refractivity contribution in [1.82, 2.24) is 30.4 Å². The highest BCUT2D eigenvalue weighted by Crippen LogP contribution is 2.21. The van der Waals surface area contributed by atoms with Gasteiger partial charge in [0.15, 0.2) is 0 Å². The van der Waals surface area contributed by atoms with Gasteiger partial charge in [-0.15, -0.1) is 0 Å². The lowest BCUT2D eigenvalue weighted by molar-refractivity contribution is -0.122. The highest BCUT2D eigenvalue weighted by Gasteiger charge is 2.17. The maximum absolute atomic E-state index is 12.0. The minimum Gasteiger partial charge on any atom is -0.349 e. The summed E-state index contributed by atoms with van der Waals surface area (Å²) in [7, 11) is 0. The summed E-state index contributed by atoms with van der Waals surface area (Å²) in [6, 6.07) is 2.01. The molecule has 23 heavy (non-hydrogen) atoms. The third-order valence-electron chi connectivity index (χ3n) is 3.98. The lowest BCUT2D eigenvalue weighted by Crippen LogP contribution is -2.29. The Kier molecular flexibility index (Phi) is 4.97. The Morgan fingerprint density at radius 3 is 3.09 bits per heavy atom. The van der Waals surface area contributed by atoms with Gasteiger partial charge in [0, 0.05) is 24.9 Å². The van der Waals surface area contributed by atoms with Crippen LogP contribution in [-0.4, -0.2) is 38.7 Å². The number of aryl methyl sites for hydroxylation is 1. The van der Waals surface area contributed by atoms with Crippen LogP contribution in [0.15, 0.2) is 24.7 Å². The number of hydrogen-bond donors (Lipinski definition) is 2. The number of aromatic nitrogens is 4. The molecule has 0 aliphatic carbocycles. The van der Waals surface area contributed by atoms with E-state index in [9.17, 15) is 4.79 Å². The molecule has 2 aromatic heterocycles. The quantitative estimate of drug-likeness (QED) is 0.851. The molecule has 0 saturated carbocycles. The minimum atomic E-state index is -0.0798. The molecule has 0 radical (unpaired) electrons. The minimum absolute atomic E-state index is 0.0798. The summed E-state index contributed by atoms with van der Waals surface area (Å²) in [4.78, 5) is 20.4. The summed E-state index contributed by atoms with van der Waals surface area (Å²) in [6.45, 7) is 4.54. The summed E-state index contributed by atoms with van der Waals surface area (Å²) in [5.41, 5.74) is 2.68. The van der Waals surface area contributed by atoms with Gasteiger partial charge >= 0.3 is 0 Å². The Morgan fingerprint density at radius 1 is 1.43 bits per heavy atom. The predicted molar refractivity (Wildman–Crippen MR) is 85.7 cm³/mol. The third kappa shape index (κ3) is 4.35. The van der Waals surface area contributed by atoms with E-state index in [0.717, 1.165) is 36.6 Å². The molecule has 1 amide bonds. The predicted octanol–water partition coefficient (Wildman–Crippen LogP) is 0.765. The molecular formula is C16H22N6O. The van der Waals surface area contributed by atoms with E-state index in [0.29, 0.717) is 12.5 Å². The molecular weight excluding hydrogens is 292 g/mol. The fourth-order valence-electron chi connectivity index (χ4n) is 2.69. The molecule has 0 aromatic carbocycles. The summed E-state index contributed by atoms with van der Waals surface area (Å²) in [5.74, 6) is 0.375. The Bertz CT molecular complexity index is 645. The maximum Gasteiger partial charge on any atom is 0.242 e. The van der Waals surface area contributed by atoms with Crippen LogP contribution in [0, 0.1) is 6.92 Å². The van der Waals surface area contributed by atoms with Crippen LogP contribution in [0.3, 0.4) is 0 Å². The molecule has 1 saturated heterocycles. The van der Waals surface area contributed by atoms with Crippen LogP contribution in [-0.2, 0) is 17.9 Å². The van der Waals surface area contributed by atoms with E-state index >= 15 is 0 Å². The van der Waals surface area contributed by atoms with Crippen molar-refractivity contribution in [2.45, 2.75) is 38.8 Å². The number of carbonyl (C=O) groups excluding carboxylic acids is 1. The molecule has 3 rings (SSSR count). The zero-order valence-corrected chi connectivity index (χ0v) is 13.3. The van der Waals surface area contributed by atoms with Gasteiger partial charge in [-0.25, -0.2) is 0 Å². The first-order valence-corrected chi connectivity index (χ1v) is 7.99. The third-order valence-corrected chi connectivity index (χ3v) is 3.98. The molecule has 1 aliphatic heterocycles. The molecule has 2 N–H and O–H groups in total. The molecule has 3 heterocycles. The molecule has 0 bridgehead atoms. The van der Waals surface area contributed by atoms with E-state index in [2.05, 4.69) is 25.7 Å². The van der Waals surface area contributed by atoms with Crippen molar-refractivity contribution in [3.8, 4) is 0 Å². The average Bonchev–Trinajstić information content (AvgIpc) is 3.04. The summed E-state index contributed by atoms with van der Waals surface area (Å²) in [6.07, 6.45) is 7.57. The van der Waals surface area contributed by atoms with Gasteiger partial charge < -0.3 is 10.6 Å². The number of hydrogen-bond acceptors (Lipinski definition) is 5. The topological polar surface area (TPSA) is 84.7 Å². The molecule has 0 unspecified atom stereocenters. The van der Waals surface area contributed by atoms with E-state index in [1.165, 1.54) is 6.42 Å². The number of piperidine rings is 1. The number of carbonyl (C=O) groups is 1. The van der Waals surface area contributed by atoms with Crippen molar-refractivity contribution in [2.24, 2.45) is 0 Å². The largest absolute Gasteiger partial charge is 0.349 e. The number of rotatable bonds is 5. The van der Waals surface area contributed by atoms with Crippen LogP contribution in [0.4, 0.5) is 0 Å². The SMILES string of the molecule is Cc1cnc(CNC(=O)Cn2ccc([C@@H]3CCCNC3)n2)cn1. The van der Waals surface area contributed by atoms with Gasteiger partial charge in [-0.1, -0.05) is 0 Å². The van der Waals surface area contributed by atoms with E-state index in [4.69, 9.17) is 0 Å². The Hall–Kier alpha value is -2.28. The second-order valence-electron chi connectivity index (χ2n) is 5.91. The maximum atomic E-state index is 12.0. The highest BCUT2D eigenvalue weighted by atomic mass is 16.2. The summed E-state index contributed by atoms with van der Waals surface area (Å²) in [5, 5.41) is 10.8. The van der Waals surface area contributed by atoms with Crippen molar-refractivity contribution >= 4 is 5.91 Å². The van der Waals surface area contributed by atoms with Crippen LogP contribution in [0.2, 0.25) is 0 Å². The fraction of sp³-hybridized carbons (Fsp3) is 0.500. The van der Waals surface area contributed by atoms with E-state index in [1.807, 2.05) is 19.2 Å². The van der Waals surface area contributed by atoms with Crippen LogP contribution in [0.1, 0.15) is 35.8 Å². The molecule has 0 spiro atoms. The number of nitrogens with zero attached hydrogens (tertiary/aromatic N) is 4. The Labute approximate surface area is 135 Å². The van der Waals surface area contributed by atoms with Crippen molar-refractivity contribution in [2.75, 3.05) is 13.1 Å². The van der Waals surface area contributed by atoms with Crippen molar-refractivity contribution in [1.29, 1.82) is 0 Å². The monoisotopic (exact) mass is 314 g/mol. The van der Waals surface area contributed by atoms with Gasteiger partial charge in [-0.2, -0.15) is 5.10 Å². The highest BCUT2D eigenvalue weighted by molar-refractivity contribution is 5.75. The normalized spacial score (nSPS) is 17.9. The standard InChI is InChI=1S/C16H22N6O/c1-12-7-19-14(9-18-12)10-20-16(23)11-22-6-4-15(21-22)13-3-2-5-17-8-13/h4,6-7,9,13,17H,2-3,5,8,10-11H2,1H3,(H,20,23)/t13-/m1/s1. The summed E-state index contributed by atoms with van der Waals surface area (Å²) < 4.78 is 1.69. The smallest absolute Gasteiger partial charge is 0.242 e. The molecule has 7 heteroatoms. The van der Waals surface area contributed by atoms with Gasteiger partial charge in [0.05, 0.1) is 29.8 Å². The van der Waals surface area contributed by atoms with E-state index in [1.54, 1.807) is 17.1 Å². The molecule has 7 nitrogen and oxygen atoms in total. The molecule has 1 fully saturated rings. The van der Waals surface area contributed by atoms with Gasteiger partial charge in [0.1, 0.15) is 6.54 Å². The fourth-order valence-corrected chi connectivity index (χ4v) is 2.69. The summed E-state index contributed by atoms with van der Waals surface area (Å²) >= 11 is 0. The zero-order chi connectivity index (χ0) is 16.1. The van der Waals surface area contributed by atoms with Gasteiger partial charge in [0.2, 0.25) is 5.91 Å². The van der Waals surface area contributed by atoms with E-state index in [-0.39, 0.29) is 12.5 Å². The lowest BCUT2D eigenvalue weighted by Gasteiger charge is -2.20. The second kappa shape index (κ2) is 7.32. The van der Waals surface area contributed by atoms with Gasteiger partial charge in [-0.3, -0.25) is 19.4 Å². The van der Waals surface area contributed by atoms with Gasteiger partial charge in [-0.05, 0) is 32.4 Å². The van der Waals surface area contributed by atoms with Gasteiger partial charge in [0.25, 0.3) is 0 Å². The van der Waals surface area contributed by atoms with Crippen LogP contribution in [0.5, 0.6) is 0 Å². The van der Waals surface area contributed by atoms with Crippen LogP contribution < -0.4 is 10.6 Å². The first-order valence-electron chi connectivity index (χ1n) is 7.99. The average molecular weight is 314 g/mol. The first kappa shape index (κ1) is 15.6. The molecule has 1 aliphatic rings. The zero-order valence-electron chi connectivity index (χ0n) is 13.3. The van der Waals surface area contributed by atoms with Crippen molar-refractivity contribution in [3.63, 3.8) is 0 Å². The first-order chi connectivity index (χ1) is 11.2. The molecule has 122 valence electrons. The van der Waals surface area contributed by atoms with E-state index < -0.39 is 0 Å². The van der Waals surface area contributed by atoms with Crippen LogP contribution in [0.25, 0.3) is 0 Å². The van der Waals surface area contributed by atoms with Crippen molar-refractivity contribution in [3.05, 3.63) is 41.7 Å². The Balaban J connectivity index is 1.49. The molecule has 1 atom stereocenters. The van der Waals surface area contributed by atoms with Crippen molar-refractivity contribution < 1.29 is 4.79 Å². The van der Waals surface area contributed by atoms with Crippen LogP contribution >= 0.6 is 0 Å². The number of amides is 1. The second-order valence-corrected chi connectivity index (χ2v) is 5.91. The molecule has 2 aromatic rings. The lowest BCUT2D eigenvalue weighted by atomic mass is 9.97. The number of nitrogens with one attached hydrogen (secondary N) is 2.